The maximum atomic E-state index is 10.8. The van der Waals surface area contributed by atoms with Crippen LogP contribution in [0.3, 0.4) is 0 Å². The highest BCUT2D eigenvalue weighted by atomic mass is 16.4. The molecule has 3 heteroatoms. The molecule has 2 N–H and O–H groups in total. The van der Waals surface area contributed by atoms with Crippen molar-refractivity contribution in [2.45, 2.75) is 111 Å². The van der Waals surface area contributed by atoms with Crippen LogP contribution in [0.15, 0.2) is 34.9 Å². The average Bonchev–Trinajstić information content (AvgIpc) is 2.68. The van der Waals surface area contributed by atoms with Gasteiger partial charge >= 0.3 is 5.97 Å². The van der Waals surface area contributed by atoms with E-state index in [1.54, 1.807) is 6.92 Å². The molecular weight excluding hydrogens is 372 g/mol. The SMILES string of the molecule is CC(=CCCC(C)CCCC(O)CCC1=CC=C(C)C(C)C1)CCCC(C)C(=O)O. The fraction of sp³-hybridized carbons (Fsp3) is 0.741. The van der Waals surface area contributed by atoms with E-state index in [1.165, 1.54) is 29.6 Å². The number of rotatable bonds is 15. The standard InChI is InChI=1S/C27H46O3/c1-20(11-7-13-23(4)27(29)30)9-6-10-21(2)12-8-14-26(28)18-17-25-16-15-22(3)24(5)19-25/h9,15-16,21,23-24,26,28H,6-8,10-14,17-19H2,1-5H3,(H,29,30). The number of carbonyl (C=O) groups is 1. The van der Waals surface area contributed by atoms with Gasteiger partial charge in [0.15, 0.2) is 0 Å². The summed E-state index contributed by atoms with van der Waals surface area (Å²) in [5.41, 5.74) is 4.33. The summed E-state index contributed by atoms with van der Waals surface area (Å²) in [6.07, 6.45) is 17.9. The van der Waals surface area contributed by atoms with Gasteiger partial charge in [-0.2, -0.15) is 0 Å². The third-order valence-corrected chi connectivity index (χ3v) is 6.74. The first-order valence-corrected chi connectivity index (χ1v) is 12.1. The minimum atomic E-state index is -0.691. The normalized spacial score (nSPS) is 20.3. The molecule has 1 aliphatic rings. The fourth-order valence-electron chi connectivity index (χ4n) is 4.09. The number of hydrogen-bond acceptors (Lipinski definition) is 2. The highest BCUT2D eigenvalue weighted by molar-refractivity contribution is 5.69. The van der Waals surface area contributed by atoms with E-state index in [2.05, 4.69) is 45.9 Å². The second-order valence-corrected chi connectivity index (χ2v) is 9.83. The van der Waals surface area contributed by atoms with Crippen molar-refractivity contribution in [3.05, 3.63) is 34.9 Å². The Bertz CT molecular complexity index is 599. The van der Waals surface area contributed by atoms with Crippen molar-refractivity contribution in [2.75, 3.05) is 0 Å². The van der Waals surface area contributed by atoms with E-state index in [0.717, 1.165) is 57.8 Å². The van der Waals surface area contributed by atoms with Crippen molar-refractivity contribution < 1.29 is 15.0 Å². The Balaban J connectivity index is 2.10. The van der Waals surface area contributed by atoms with Gasteiger partial charge in [0.2, 0.25) is 0 Å². The molecule has 4 unspecified atom stereocenters. The van der Waals surface area contributed by atoms with Crippen LogP contribution in [-0.2, 0) is 4.79 Å². The number of aliphatic carboxylic acids is 1. The molecule has 30 heavy (non-hydrogen) atoms. The van der Waals surface area contributed by atoms with Crippen LogP contribution in [-0.4, -0.2) is 22.3 Å². The topological polar surface area (TPSA) is 57.5 Å². The van der Waals surface area contributed by atoms with Gasteiger partial charge in [-0.05, 0) is 83.5 Å². The number of allylic oxidation sites excluding steroid dienone is 6. The molecule has 1 aliphatic carbocycles. The Labute approximate surface area is 185 Å². The second-order valence-electron chi connectivity index (χ2n) is 9.83. The molecule has 0 aromatic heterocycles. The Hall–Kier alpha value is -1.35. The summed E-state index contributed by atoms with van der Waals surface area (Å²) >= 11 is 0. The molecule has 0 saturated heterocycles. The Morgan fingerprint density at radius 3 is 2.53 bits per heavy atom. The predicted octanol–water partition coefficient (Wildman–Crippen LogP) is 7.46. The number of aliphatic hydroxyl groups excluding tert-OH is 1. The molecule has 0 fully saturated rings. The van der Waals surface area contributed by atoms with E-state index < -0.39 is 5.97 Å². The van der Waals surface area contributed by atoms with Crippen LogP contribution in [0.2, 0.25) is 0 Å². The minimum Gasteiger partial charge on any atom is -0.481 e. The molecule has 0 amide bonds. The lowest BCUT2D eigenvalue weighted by Crippen LogP contribution is -2.09. The number of carboxylic acid groups (broad SMARTS) is 1. The fourth-order valence-corrected chi connectivity index (χ4v) is 4.09. The molecule has 0 heterocycles. The van der Waals surface area contributed by atoms with Crippen LogP contribution >= 0.6 is 0 Å². The quantitative estimate of drug-likeness (QED) is 0.271. The zero-order valence-electron chi connectivity index (χ0n) is 20.1. The molecule has 1 rings (SSSR count). The average molecular weight is 419 g/mol. The van der Waals surface area contributed by atoms with Crippen molar-refractivity contribution in [1.29, 1.82) is 0 Å². The van der Waals surface area contributed by atoms with E-state index >= 15 is 0 Å². The van der Waals surface area contributed by atoms with Crippen LogP contribution in [0.1, 0.15) is 105 Å². The molecule has 0 bridgehead atoms. The largest absolute Gasteiger partial charge is 0.481 e. The first-order valence-electron chi connectivity index (χ1n) is 12.1. The molecular formula is C27H46O3. The van der Waals surface area contributed by atoms with Crippen molar-refractivity contribution in [2.24, 2.45) is 17.8 Å². The highest BCUT2D eigenvalue weighted by Crippen LogP contribution is 2.28. The van der Waals surface area contributed by atoms with E-state index in [1.807, 2.05) is 0 Å². The number of hydrogen-bond donors (Lipinski definition) is 2. The van der Waals surface area contributed by atoms with Crippen molar-refractivity contribution in [1.82, 2.24) is 0 Å². The Morgan fingerprint density at radius 2 is 1.87 bits per heavy atom. The third kappa shape index (κ3) is 11.7. The van der Waals surface area contributed by atoms with Crippen LogP contribution in [0.25, 0.3) is 0 Å². The summed E-state index contributed by atoms with van der Waals surface area (Å²) in [6.45, 7) is 10.7. The van der Waals surface area contributed by atoms with Gasteiger partial charge in [0.25, 0.3) is 0 Å². The van der Waals surface area contributed by atoms with Gasteiger partial charge in [0, 0.05) is 0 Å². The monoisotopic (exact) mass is 418 g/mol. The summed E-state index contributed by atoms with van der Waals surface area (Å²) < 4.78 is 0. The lowest BCUT2D eigenvalue weighted by atomic mass is 9.87. The Morgan fingerprint density at radius 1 is 1.13 bits per heavy atom. The van der Waals surface area contributed by atoms with Crippen LogP contribution in [0.4, 0.5) is 0 Å². The second kappa shape index (κ2) is 14.6. The summed E-state index contributed by atoms with van der Waals surface area (Å²) in [7, 11) is 0. The molecule has 0 saturated carbocycles. The highest BCUT2D eigenvalue weighted by Gasteiger charge is 2.14. The van der Waals surface area contributed by atoms with Crippen molar-refractivity contribution in [3.63, 3.8) is 0 Å². The number of aliphatic hydroxyl groups is 1. The maximum Gasteiger partial charge on any atom is 0.306 e. The molecule has 0 aromatic rings. The van der Waals surface area contributed by atoms with E-state index in [9.17, 15) is 9.90 Å². The summed E-state index contributed by atoms with van der Waals surface area (Å²) in [6, 6.07) is 0. The molecule has 172 valence electrons. The first-order chi connectivity index (χ1) is 14.2. The van der Waals surface area contributed by atoms with Gasteiger partial charge in [-0.25, -0.2) is 0 Å². The molecule has 0 aliphatic heterocycles. The van der Waals surface area contributed by atoms with E-state index in [0.29, 0.717) is 11.8 Å². The van der Waals surface area contributed by atoms with Crippen molar-refractivity contribution >= 4 is 5.97 Å². The molecule has 0 radical (unpaired) electrons. The maximum absolute atomic E-state index is 10.8. The van der Waals surface area contributed by atoms with E-state index in [4.69, 9.17) is 5.11 Å². The molecule has 0 aromatic carbocycles. The molecule has 0 spiro atoms. The van der Waals surface area contributed by atoms with Gasteiger partial charge in [-0.1, -0.05) is 68.6 Å². The first kappa shape index (κ1) is 26.7. The lowest BCUT2D eigenvalue weighted by molar-refractivity contribution is -0.141. The third-order valence-electron chi connectivity index (χ3n) is 6.74. The zero-order valence-corrected chi connectivity index (χ0v) is 20.1. The Kier molecular flexibility index (Phi) is 13.0. The van der Waals surface area contributed by atoms with Gasteiger partial charge in [0.05, 0.1) is 12.0 Å². The molecule has 3 nitrogen and oxygen atoms in total. The minimum absolute atomic E-state index is 0.171. The van der Waals surface area contributed by atoms with Gasteiger partial charge in [-0.15, -0.1) is 0 Å². The van der Waals surface area contributed by atoms with Crippen molar-refractivity contribution in [3.8, 4) is 0 Å². The smallest absolute Gasteiger partial charge is 0.306 e. The summed E-state index contributed by atoms with van der Waals surface area (Å²) in [5.74, 6) is 0.401. The van der Waals surface area contributed by atoms with E-state index in [-0.39, 0.29) is 12.0 Å². The summed E-state index contributed by atoms with van der Waals surface area (Å²) in [4.78, 5) is 10.8. The van der Waals surface area contributed by atoms with Crippen LogP contribution in [0, 0.1) is 17.8 Å². The van der Waals surface area contributed by atoms with Gasteiger partial charge < -0.3 is 10.2 Å². The van der Waals surface area contributed by atoms with Gasteiger partial charge in [-0.3, -0.25) is 4.79 Å². The predicted molar refractivity (Wildman–Crippen MR) is 128 cm³/mol. The van der Waals surface area contributed by atoms with Gasteiger partial charge in [0.1, 0.15) is 0 Å². The zero-order chi connectivity index (χ0) is 22.5. The van der Waals surface area contributed by atoms with Crippen LogP contribution < -0.4 is 0 Å². The number of carboxylic acids is 1. The molecule has 4 atom stereocenters. The lowest BCUT2D eigenvalue weighted by Gasteiger charge is -2.20. The van der Waals surface area contributed by atoms with Crippen LogP contribution in [0.5, 0.6) is 0 Å². The summed E-state index contributed by atoms with van der Waals surface area (Å²) in [5, 5.41) is 19.3.